The first-order valence-corrected chi connectivity index (χ1v) is 5.47. The minimum absolute atomic E-state index is 0.00530. The molecular formula is C12H9Cl2NO. The van der Waals surface area contributed by atoms with Crippen LogP contribution in [0.2, 0.25) is 10.0 Å². The molecule has 0 radical (unpaired) electrons. The van der Waals surface area contributed by atoms with E-state index in [4.69, 9.17) is 28.3 Å². The minimum Gasteiger partial charge on any atom is -0.392 e. The van der Waals surface area contributed by atoms with E-state index in [0.717, 1.165) is 16.8 Å². The second-order valence-corrected chi connectivity index (χ2v) is 4.15. The molecule has 16 heavy (non-hydrogen) atoms. The van der Waals surface area contributed by atoms with Gasteiger partial charge in [-0.25, -0.2) is 0 Å². The highest BCUT2D eigenvalue weighted by molar-refractivity contribution is 6.42. The van der Waals surface area contributed by atoms with Crippen LogP contribution in [0.5, 0.6) is 0 Å². The van der Waals surface area contributed by atoms with E-state index >= 15 is 0 Å². The Balaban J connectivity index is 2.38. The van der Waals surface area contributed by atoms with E-state index in [1.807, 2.05) is 18.2 Å². The van der Waals surface area contributed by atoms with E-state index in [2.05, 4.69) is 4.98 Å². The molecule has 0 amide bonds. The van der Waals surface area contributed by atoms with Gasteiger partial charge < -0.3 is 5.11 Å². The Hall–Kier alpha value is -1.09. The fraction of sp³-hybridized carbons (Fsp3) is 0.0833. The van der Waals surface area contributed by atoms with Gasteiger partial charge in [0.25, 0.3) is 0 Å². The van der Waals surface area contributed by atoms with Crippen molar-refractivity contribution in [1.82, 2.24) is 4.98 Å². The molecule has 2 rings (SSSR count). The van der Waals surface area contributed by atoms with E-state index in [-0.39, 0.29) is 6.61 Å². The van der Waals surface area contributed by atoms with Crippen molar-refractivity contribution in [3.8, 4) is 11.3 Å². The summed E-state index contributed by atoms with van der Waals surface area (Å²) in [6, 6.07) is 9.02. The molecule has 0 atom stereocenters. The van der Waals surface area contributed by atoms with E-state index in [1.54, 1.807) is 18.3 Å². The smallest absolute Gasteiger partial charge is 0.0702 e. The largest absolute Gasteiger partial charge is 0.392 e. The molecule has 82 valence electrons. The Labute approximate surface area is 103 Å². The van der Waals surface area contributed by atoms with Crippen LogP contribution in [-0.4, -0.2) is 10.1 Å². The number of aliphatic hydroxyl groups excluding tert-OH is 1. The zero-order valence-corrected chi connectivity index (χ0v) is 9.83. The predicted molar refractivity (Wildman–Crippen MR) is 65.6 cm³/mol. The normalized spacial score (nSPS) is 10.4. The molecule has 0 saturated heterocycles. The first-order chi connectivity index (χ1) is 7.70. The Bertz CT molecular complexity index is 497. The molecule has 0 aliphatic heterocycles. The molecule has 1 aromatic carbocycles. The van der Waals surface area contributed by atoms with Crippen molar-refractivity contribution in [2.75, 3.05) is 0 Å². The van der Waals surface area contributed by atoms with Crippen molar-refractivity contribution in [1.29, 1.82) is 0 Å². The first kappa shape index (κ1) is 11.4. The summed E-state index contributed by atoms with van der Waals surface area (Å²) in [4.78, 5) is 4.23. The molecule has 0 spiro atoms. The molecule has 2 aromatic rings. The second kappa shape index (κ2) is 4.83. The zero-order valence-electron chi connectivity index (χ0n) is 8.32. The highest BCUT2D eigenvalue weighted by Crippen LogP contribution is 2.27. The third-order valence-electron chi connectivity index (χ3n) is 2.22. The molecule has 4 heteroatoms. The minimum atomic E-state index is -0.00530. The van der Waals surface area contributed by atoms with Gasteiger partial charge in [0, 0.05) is 11.8 Å². The van der Waals surface area contributed by atoms with Crippen molar-refractivity contribution >= 4 is 23.2 Å². The van der Waals surface area contributed by atoms with Crippen molar-refractivity contribution in [3.63, 3.8) is 0 Å². The van der Waals surface area contributed by atoms with Crippen LogP contribution >= 0.6 is 23.2 Å². The standard InChI is InChI=1S/C12H9Cl2NO/c13-10-3-2-9(5-11(10)14)12-4-1-8(7-16)6-15-12/h1-6,16H,7H2. The van der Waals surface area contributed by atoms with Gasteiger partial charge in [-0.15, -0.1) is 0 Å². The van der Waals surface area contributed by atoms with Crippen LogP contribution < -0.4 is 0 Å². The van der Waals surface area contributed by atoms with E-state index in [0.29, 0.717) is 10.0 Å². The summed E-state index contributed by atoms with van der Waals surface area (Å²) in [5.74, 6) is 0. The van der Waals surface area contributed by atoms with Crippen molar-refractivity contribution in [2.24, 2.45) is 0 Å². The third kappa shape index (κ3) is 2.35. The van der Waals surface area contributed by atoms with Crippen LogP contribution in [0.25, 0.3) is 11.3 Å². The highest BCUT2D eigenvalue weighted by atomic mass is 35.5. The molecule has 2 nitrogen and oxygen atoms in total. The maximum absolute atomic E-state index is 8.90. The summed E-state index contributed by atoms with van der Waals surface area (Å²) >= 11 is 11.8. The molecule has 0 fully saturated rings. The summed E-state index contributed by atoms with van der Waals surface area (Å²) < 4.78 is 0. The number of pyridine rings is 1. The summed E-state index contributed by atoms with van der Waals surface area (Å²) in [5, 5.41) is 9.93. The van der Waals surface area contributed by atoms with Gasteiger partial charge in [-0.1, -0.05) is 35.3 Å². The molecular weight excluding hydrogens is 245 g/mol. The Morgan fingerprint density at radius 1 is 1.06 bits per heavy atom. The van der Waals surface area contributed by atoms with Gasteiger partial charge in [-0.3, -0.25) is 4.98 Å². The summed E-state index contributed by atoms with van der Waals surface area (Å²) in [7, 11) is 0. The molecule has 1 aromatic heterocycles. The fourth-order valence-electron chi connectivity index (χ4n) is 1.34. The van der Waals surface area contributed by atoms with Crippen LogP contribution in [-0.2, 0) is 6.61 Å². The topological polar surface area (TPSA) is 33.1 Å². The average Bonchev–Trinajstić information content (AvgIpc) is 2.33. The van der Waals surface area contributed by atoms with Crippen molar-refractivity contribution in [3.05, 3.63) is 52.1 Å². The van der Waals surface area contributed by atoms with E-state index < -0.39 is 0 Å². The van der Waals surface area contributed by atoms with Crippen LogP contribution in [0.4, 0.5) is 0 Å². The molecule has 0 saturated carbocycles. The molecule has 0 aliphatic rings. The predicted octanol–water partition coefficient (Wildman–Crippen LogP) is 3.55. The number of halogens is 2. The summed E-state index contributed by atoms with van der Waals surface area (Å²) in [5.41, 5.74) is 2.48. The highest BCUT2D eigenvalue weighted by Gasteiger charge is 2.03. The lowest BCUT2D eigenvalue weighted by Crippen LogP contribution is -1.87. The molecule has 1 heterocycles. The van der Waals surface area contributed by atoms with Crippen LogP contribution in [0.1, 0.15) is 5.56 Å². The maximum Gasteiger partial charge on any atom is 0.0702 e. The summed E-state index contributed by atoms with van der Waals surface area (Å²) in [6.07, 6.45) is 1.64. The van der Waals surface area contributed by atoms with Crippen LogP contribution in [0.3, 0.4) is 0 Å². The number of nitrogens with zero attached hydrogens (tertiary/aromatic N) is 1. The van der Waals surface area contributed by atoms with Gasteiger partial charge in [0.05, 0.1) is 22.3 Å². The molecule has 0 unspecified atom stereocenters. The number of hydrogen-bond acceptors (Lipinski definition) is 2. The maximum atomic E-state index is 8.90. The number of aliphatic hydroxyl groups is 1. The molecule has 0 bridgehead atoms. The van der Waals surface area contributed by atoms with Crippen molar-refractivity contribution < 1.29 is 5.11 Å². The zero-order chi connectivity index (χ0) is 11.5. The van der Waals surface area contributed by atoms with Gasteiger partial charge in [-0.2, -0.15) is 0 Å². The number of rotatable bonds is 2. The van der Waals surface area contributed by atoms with Gasteiger partial charge in [0.15, 0.2) is 0 Å². The lowest BCUT2D eigenvalue weighted by molar-refractivity contribution is 0.281. The molecule has 1 N–H and O–H groups in total. The lowest BCUT2D eigenvalue weighted by atomic mass is 10.1. The van der Waals surface area contributed by atoms with E-state index in [9.17, 15) is 0 Å². The van der Waals surface area contributed by atoms with Gasteiger partial charge >= 0.3 is 0 Å². The van der Waals surface area contributed by atoms with E-state index in [1.165, 1.54) is 0 Å². The molecule has 0 aliphatic carbocycles. The first-order valence-electron chi connectivity index (χ1n) is 4.72. The second-order valence-electron chi connectivity index (χ2n) is 3.34. The Morgan fingerprint density at radius 3 is 2.44 bits per heavy atom. The van der Waals surface area contributed by atoms with Crippen LogP contribution in [0.15, 0.2) is 36.5 Å². The number of hydrogen-bond donors (Lipinski definition) is 1. The third-order valence-corrected chi connectivity index (χ3v) is 2.96. The van der Waals surface area contributed by atoms with Gasteiger partial charge in [0.1, 0.15) is 0 Å². The van der Waals surface area contributed by atoms with Crippen LogP contribution in [0, 0.1) is 0 Å². The van der Waals surface area contributed by atoms with Gasteiger partial charge in [-0.05, 0) is 23.8 Å². The van der Waals surface area contributed by atoms with Crippen molar-refractivity contribution in [2.45, 2.75) is 6.61 Å². The average molecular weight is 254 g/mol. The monoisotopic (exact) mass is 253 g/mol. The number of benzene rings is 1. The lowest BCUT2D eigenvalue weighted by Gasteiger charge is -2.03. The Morgan fingerprint density at radius 2 is 1.88 bits per heavy atom. The Kier molecular flexibility index (Phi) is 3.44. The SMILES string of the molecule is OCc1ccc(-c2ccc(Cl)c(Cl)c2)nc1. The fourth-order valence-corrected chi connectivity index (χ4v) is 1.64. The van der Waals surface area contributed by atoms with Gasteiger partial charge in [0.2, 0.25) is 0 Å². The summed E-state index contributed by atoms with van der Waals surface area (Å²) in [6.45, 7) is -0.00530. The quantitative estimate of drug-likeness (QED) is 0.888. The number of aromatic nitrogens is 1.